The molecule has 0 amide bonds. The Hall–Kier alpha value is 0.540. The standard InChI is InChI=1S/C4H8Cl2O/c1-4(6,7)2-3-5/h7H,2-3H2,1H3. The Kier molecular flexibility index (Phi) is 2.96. The number of hydrogen-bond donors (Lipinski definition) is 1. The summed E-state index contributed by atoms with van der Waals surface area (Å²) >= 11 is 10.5. The van der Waals surface area contributed by atoms with Gasteiger partial charge in [-0.05, 0) is 6.92 Å². The molecular formula is C4H8Cl2O. The second-order valence-electron chi connectivity index (χ2n) is 1.58. The molecule has 0 aliphatic carbocycles. The third-order valence-electron chi connectivity index (χ3n) is 0.551. The average molecular weight is 143 g/mol. The van der Waals surface area contributed by atoms with Crippen LogP contribution in [0.2, 0.25) is 0 Å². The highest BCUT2D eigenvalue weighted by Crippen LogP contribution is 2.13. The quantitative estimate of drug-likeness (QED) is 0.581. The maximum absolute atomic E-state index is 8.70. The number of rotatable bonds is 2. The third kappa shape index (κ3) is 6.54. The Balaban J connectivity index is 3.15. The molecule has 1 N–H and O–H groups in total. The first-order valence-corrected chi connectivity index (χ1v) is 2.95. The first-order valence-electron chi connectivity index (χ1n) is 2.03. The summed E-state index contributed by atoms with van der Waals surface area (Å²) in [5.74, 6) is 0.399. The normalized spacial score (nSPS) is 18.9. The number of aliphatic hydroxyl groups is 1. The van der Waals surface area contributed by atoms with E-state index in [-0.39, 0.29) is 0 Å². The molecule has 0 heterocycles. The van der Waals surface area contributed by atoms with Gasteiger partial charge in [0, 0.05) is 12.3 Å². The monoisotopic (exact) mass is 142 g/mol. The van der Waals surface area contributed by atoms with E-state index >= 15 is 0 Å². The van der Waals surface area contributed by atoms with E-state index in [9.17, 15) is 0 Å². The van der Waals surface area contributed by atoms with Crippen LogP contribution in [0.15, 0.2) is 0 Å². The van der Waals surface area contributed by atoms with E-state index in [1.165, 1.54) is 6.92 Å². The van der Waals surface area contributed by atoms with Crippen molar-refractivity contribution in [1.29, 1.82) is 0 Å². The third-order valence-corrected chi connectivity index (χ3v) is 0.929. The minimum atomic E-state index is -1.11. The lowest BCUT2D eigenvalue weighted by molar-refractivity contribution is 0.146. The summed E-state index contributed by atoms with van der Waals surface area (Å²) in [4.78, 5) is 0. The van der Waals surface area contributed by atoms with Gasteiger partial charge in [-0.2, -0.15) is 0 Å². The zero-order valence-corrected chi connectivity index (χ0v) is 5.63. The Morgan fingerprint density at radius 3 is 2.14 bits per heavy atom. The molecular weight excluding hydrogens is 135 g/mol. The molecule has 0 aliphatic heterocycles. The van der Waals surface area contributed by atoms with E-state index in [0.29, 0.717) is 12.3 Å². The molecule has 0 bridgehead atoms. The van der Waals surface area contributed by atoms with Gasteiger partial charge in [0.15, 0.2) is 0 Å². The van der Waals surface area contributed by atoms with Gasteiger partial charge in [0.2, 0.25) is 0 Å². The van der Waals surface area contributed by atoms with Crippen molar-refractivity contribution in [3.8, 4) is 0 Å². The highest BCUT2D eigenvalue weighted by atomic mass is 35.5. The summed E-state index contributed by atoms with van der Waals surface area (Å²) in [6.07, 6.45) is 0.427. The fourth-order valence-corrected chi connectivity index (χ4v) is 0.732. The molecule has 0 saturated carbocycles. The first kappa shape index (κ1) is 7.54. The van der Waals surface area contributed by atoms with Crippen molar-refractivity contribution >= 4 is 23.2 Å². The Morgan fingerprint density at radius 2 is 2.14 bits per heavy atom. The highest BCUT2D eigenvalue weighted by molar-refractivity contribution is 6.23. The molecule has 0 aliphatic rings. The lowest BCUT2D eigenvalue weighted by atomic mass is 10.3. The van der Waals surface area contributed by atoms with E-state index in [1.54, 1.807) is 0 Å². The fraction of sp³-hybridized carbons (Fsp3) is 1.00. The molecule has 0 radical (unpaired) electrons. The Morgan fingerprint density at radius 1 is 1.71 bits per heavy atom. The summed E-state index contributed by atoms with van der Waals surface area (Å²) in [7, 11) is 0. The SMILES string of the molecule is CC(O)(Cl)CCCl. The van der Waals surface area contributed by atoms with Crippen molar-refractivity contribution < 1.29 is 5.11 Å². The van der Waals surface area contributed by atoms with Crippen molar-refractivity contribution in [3.63, 3.8) is 0 Å². The van der Waals surface area contributed by atoms with Gasteiger partial charge in [0.05, 0.1) is 0 Å². The highest BCUT2D eigenvalue weighted by Gasteiger charge is 2.12. The molecule has 44 valence electrons. The molecule has 1 unspecified atom stereocenters. The van der Waals surface area contributed by atoms with Gasteiger partial charge in [0.25, 0.3) is 0 Å². The Labute approximate surface area is 53.2 Å². The topological polar surface area (TPSA) is 20.2 Å². The molecule has 0 aromatic carbocycles. The van der Waals surface area contributed by atoms with E-state index in [2.05, 4.69) is 0 Å². The number of hydrogen-bond acceptors (Lipinski definition) is 1. The summed E-state index contributed by atoms with van der Waals surface area (Å²) in [6, 6.07) is 0. The van der Waals surface area contributed by atoms with E-state index in [4.69, 9.17) is 28.3 Å². The lowest BCUT2D eigenvalue weighted by Crippen LogP contribution is -2.14. The maximum atomic E-state index is 8.70. The first-order chi connectivity index (χ1) is 3.06. The zero-order valence-electron chi connectivity index (χ0n) is 4.12. The average Bonchev–Trinajstić information content (AvgIpc) is 1.30. The second-order valence-corrected chi connectivity index (χ2v) is 2.77. The van der Waals surface area contributed by atoms with Gasteiger partial charge >= 0.3 is 0 Å². The molecule has 1 atom stereocenters. The van der Waals surface area contributed by atoms with Gasteiger partial charge in [-0.1, -0.05) is 11.6 Å². The van der Waals surface area contributed by atoms with Crippen LogP contribution < -0.4 is 0 Å². The van der Waals surface area contributed by atoms with E-state index in [0.717, 1.165) is 0 Å². The smallest absolute Gasteiger partial charge is 0.137 e. The predicted octanol–water partition coefficient (Wildman–Crippen LogP) is 1.56. The molecule has 3 heteroatoms. The maximum Gasteiger partial charge on any atom is 0.137 e. The van der Waals surface area contributed by atoms with Crippen LogP contribution in [-0.4, -0.2) is 16.0 Å². The molecule has 0 saturated heterocycles. The summed E-state index contributed by atoms with van der Waals surface area (Å²) in [5, 5.41) is 7.59. The molecule has 0 spiro atoms. The van der Waals surface area contributed by atoms with Crippen LogP contribution in [0.25, 0.3) is 0 Å². The van der Waals surface area contributed by atoms with Crippen LogP contribution in [0.1, 0.15) is 13.3 Å². The molecule has 0 aromatic heterocycles. The van der Waals surface area contributed by atoms with Gasteiger partial charge in [-0.3, -0.25) is 0 Å². The minimum Gasteiger partial charge on any atom is -0.375 e. The number of halogens is 2. The van der Waals surface area contributed by atoms with Crippen molar-refractivity contribution in [3.05, 3.63) is 0 Å². The Bertz CT molecular complexity index is 48.1. The zero-order chi connectivity index (χ0) is 5.91. The molecule has 0 aromatic rings. The van der Waals surface area contributed by atoms with Crippen molar-refractivity contribution in [2.75, 3.05) is 5.88 Å². The lowest BCUT2D eigenvalue weighted by Gasteiger charge is -2.10. The van der Waals surface area contributed by atoms with Crippen LogP contribution in [0.3, 0.4) is 0 Å². The van der Waals surface area contributed by atoms with Gasteiger partial charge in [-0.15, -0.1) is 11.6 Å². The van der Waals surface area contributed by atoms with Crippen LogP contribution in [0.4, 0.5) is 0 Å². The van der Waals surface area contributed by atoms with E-state index < -0.39 is 5.06 Å². The van der Waals surface area contributed by atoms with Gasteiger partial charge in [0.1, 0.15) is 5.06 Å². The molecule has 0 rings (SSSR count). The van der Waals surface area contributed by atoms with Gasteiger partial charge < -0.3 is 5.11 Å². The van der Waals surface area contributed by atoms with Crippen LogP contribution in [-0.2, 0) is 0 Å². The van der Waals surface area contributed by atoms with Crippen molar-refractivity contribution in [2.45, 2.75) is 18.4 Å². The van der Waals surface area contributed by atoms with Crippen LogP contribution in [0.5, 0.6) is 0 Å². The summed E-state index contributed by atoms with van der Waals surface area (Å²) in [5.41, 5.74) is 0. The van der Waals surface area contributed by atoms with E-state index in [1.807, 2.05) is 0 Å². The second kappa shape index (κ2) is 2.75. The molecule has 1 nitrogen and oxygen atoms in total. The predicted molar refractivity (Wildman–Crippen MR) is 31.8 cm³/mol. The molecule has 7 heavy (non-hydrogen) atoms. The summed E-state index contributed by atoms with van der Waals surface area (Å²) < 4.78 is 0. The van der Waals surface area contributed by atoms with Crippen molar-refractivity contribution in [2.24, 2.45) is 0 Å². The molecule has 0 fully saturated rings. The fourth-order valence-electron chi connectivity index (χ4n) is 0.172. The van der Waals surface area contributed by atoms with Gasteiger partial charge in [-0.25, -0.2) is 0 Å². The van der Waals surface area contributed by atoms with Crippen LogP contribution in [0, 0.1) is 0 Å². The van der Waals surface area contributed by atoms with Crippen LogP contribution >= 0.6 is 23.2 Å². The summed E-state index contributed by atoms with van der Waals surface area (Å²) in [6.45, 7) is 1.51. The largest absolute Gasteiger partial charge is 0.375 e. The van der Waals surface area contributed by atoms with Crippen molar-refractivity contribution in [1.82, 2.24) is 0 Å². The minimum absolute atomic E-state index is 0.399. The number of alkyl halides is 2.